The van der Waals surface area contributed by atoms with Gasteiger partial charge >= 0.3 is 22.4 Å². The summed E-state index contributed by atoms with van der Waals surface area (Å²) >= 11 is 0. The van der Waals surface area contributed by atoms with Crippen LogP contribution in [0.5, 0.6) is 0 Å². The number of rotatable bonds is 0. The summed E-state index contributed by atoms with van der Waals surface area (Å²) in [4.78, 5) is 0. The second kappa shape index (κ2) is 73.4. The Balaban J connectivity index is 0. The minimum absolute atomic E-state index is 0. The molecule has 0 aromatic rings. The zero-order valence-corrected chi connectivity index (χ0v) is 17.4. The first kappa shape index (κ1) is 88.7. The fourth-order valence-corrected chi connectivity index (χ4v) is 0. The van der Waals surface area contributed by atoms with Gasteiger partial charge in [-0.25, -0.2) is 0 Å². The van der Waals surface area contributed by atoms with Gasteiger partial charge in [-0.1, -0.05) is 0 Å². The summed E-state index contributed by atoms with van der Waals surface area (Å²) in [6.07, 6.45) is 0. The Hall–Kier alpha value is 7.01. The molecule has 0 rings (SSSR count). The fraction of sp³-hybridized carbons (Fsp3) is 0. The van der Waals surface area contributed by atoms with Crippen molar-refractivity contribution < 1.29 is 201 Å². The predicted octanol–water partition coefficient (Wildman–Crippen LogP) is -0.293. The largest absolute Gasteiger partial charge is 1.00 e. The molecule has 0 unspecified atom stereocenters. The van der Waals surface area contributed by atoms with Crippen molar-refractivity contribution in [1.82, 2.24) is 0 Å². The van der Waals surface area contributed by atoms with Gasteiger partial charge in [-0.3, -0.25) is 0 Å². The van der Waals surface area contributed by atoms with Crippen molar-refractivity contribution in [3.05, 3.63) is 0 Å². The Bertz CT molecular complexity index is 4.69. The van der Waals surface area contributed by atoms with E-state index < -0.39 is 0 Å². The summed E-state index contributed by atoms with van der Waals surface area (Å²) in [6, 6.07) is 0. The van der Waals surface area contributed by atoms with Crippen molar-refractivity contribution in [2.75, 3.05) is 0 Å². The summed E-state index contributed by atoms with van der Waals surface area (Å²) in [5.74, 6) is 0. The van der Waals surface area contributed by atoms with E-state index in [1.54, 1.807) is 0 Å². The van der Waals surface area contributed by atoms with Crippen molar-refractivity contribution in [3.63, 3.8) is 0 Å². The van der Waals surface area contributed by atoms with Gasteiger partial charge in [-0.2, -0.15) is 0 Å². The third-order valence-electron chi connectivity index (χ3n) is 0. The predicted molar refractivity (Wildman–Crippen MR) is 8.76 cm³/mol. The maximum absolute atomic E-state index is 0. The summed E-state index contributed by atoms with van der Waals surface area (Å²) in [7, 11) is 0. The molecule has 0 aliphatic rings. The SMILES string of the molecule is [Ag+].[Ag].[Ag].[Ag].[Ag].[Ag].[Ag].[Ag].[Ag].[SH-]. The van der Waals surface area contributed by atoms with Crippen LogP contribution < -0.4 is 0 Å². The van der Waals surface area contributed by atoms with E-state index in [-0.39, 0.29) is 215 Å². The molecule has 0 aliphatic heterocycles. The maximum atomic E-state index is 0. The molecule has 0 aliphatic carbocycles. The van der Waals surface area contributed by atoms with Crippen molar-refractivity contribution in [2.24, 2.45) is 0 Å². The quantitative estimate of drug-likeness (QED) is 0.183. The normalized spacial score (nSPS) is 0. The Morgan fingerprint density at radius 1 is 0.300 bits per heavy atom. The molecule has 10 heteroatoms. The summed E-state index contributed by atoms with van der Waals surface area (Å²) in [6.45, 7) is 0. The maximum Gasteiger partial charge on any atom is 1.00 e. The van der Waals surface area contributed by atoms with Gasteiger partial charge in [0, 0.05) is 179 Å². The van der Waals surface area contributed by atoms with E-state index in [2.05, 4.69) is 0 Å². The first-order chi connectivity index (χ1) is 0. The number of hydrogen-bond acceptors (Lipinski definition) is 1. The van der Waals surface area contributed by atoms with Gasteiger partial charge in [0.05, 0.1) is 0 Å². The Morgan fingerprint density at radius 2 is 0.300 bits per heavy atom. The average Bonchev–Trinajstić information content (AvgIpc) is 0. The second-order valence-electron chi connectivity index (χ2n) is 0. The Kier molecular flexibility index (Phi) is 651. The van der Waals surface area contributed by atoms with E-state index in [0.717, 1.165) is 0 Å². The third kappa shape index (κ3) is 59.9. The van der Waals surface area contributed by atoms with Crippen molar-refractivity contribution in [3.8, 4) is 0 Å². The average molecular weight is 1000 g/mol. The van der Waals surface area contributed by atoms with Crippen LogP contribution in [0.3, 0.4) is 0 Å². The number of thiol groups is 1. The molecule has 0 N–H and O–H groups in total. The van der Waals surface area contributed by atoms with Crippen LogP contribution in [-0.4, -0.2) is 0 Å². The van der Waals surface area contributed by atoms with E-state index in [0.29, 0.717) is 0 Å². The zero-order chi connectivity index (χ0) is 0. The first-order valence-electron chi connectivity index (χ1n) is 0. The Labute approximate surface area is 209 Å². The molecule has 0 aromatic carbocycles. The van der Waals surface area contributed by atoms with E-state index in [9.17, 15) is 0 Å². The zero-order valence-electron chi connectivity index (χ0n) is 3.16. The fourth-order valence-electron chi connectivity index (χ4n) is 0. The molecule has 8 radical (unpaired) electrons. The standard InChI is InChI=1S/9Ag.H2S/h;;;;;;;;;1H2/q;;;;;;;;+1;/p-1. The molecule has 0 amide bonds. The molecule has 106 valence electrons. The third-order valence-corrected chi connectivity index (χ3v) is 0. The van der Waals surface area contributed by atoms with Gasteiger partial charge < -0.3 is 13.5 Å². The molecule has 10 heavy (non-hydrogen) atoms. The van der Waals surface area contributed by atoms with Gasteiger partial charge in [0.2, 0.25) is 0 Å². The van der Waals surface area contributed by atoms with E-state index in [4.69, 9.17) is 0 Å². The van der Waals surface area contributed by atoms with Crippen LogP contribution in [0.4, 0.5) is 0 Å². The van der Waals surface area contributed by atoms with Gasteiger partial charge in [0.1, 0.15) is 0 Å². The molecule has 0 heterocycles. The summed E-state index contributed by atoms with van der Waals surface area (Å²) in [5.41, 5.74) is 0. The van der Waals surface area contributed by atoms with Gasteiger partial charge in [-0.05, 0) is 0 Å². The van der Waals surface area contributed by atoms with Crippen LogP contribution in [0.15, 0.2) is 0 Å². The van der Waals surface area contributed by atoms with Gasteiger partial charge in [0.25, 0.3) is 0 Å². The molecule has 0 aromatic heterocycles. The van der Waals surface area contributed by atoms with Crippen LogP contribution in [0.25, 0.3) is 0 Å². The van der Waals surface area contributed by atoms with Crippen molar-refractivity contribution in [2.45, 2.75) is 0 Å². The van der Waals surface area contributed by atoms with E-state index in [1.165, 1.54) is 0 Å². The molecular formula is HAg9S. The Morgan fingerprint density at radius 3 is 0.300 bits per heavy atom. The van der Waals surface area contributed by atoms with Crippen LogP contribution in [0.1, 0.15) is 0 Å². The molecule has 0 saturated carbocycles. The van der Waals surface area contributed by atoms with Crippen molar-refractivity contribution in [1.29, 1.82) is 0 Å². The van der Waals surface area contributed by atoms with Gasteiger partial charge in [0.15, 0.2) is 0 Å². The molecule has 0 nitrogen and oxygen atoms in total. The van der Waals surface area contributed by atoms with Crippen LogP contribution in [0.2, 0.25) is 0 Å². The molecule has 0 bridgehead atoms. The number of hydrogen-bond donors (Lipinski definition) is 0. The molecule has 0 atom stereocenters. The minimum Gasteiger partial charge on any atom is -0.813 e. The van der Waals surface area contributed by atoms with E-state index >= 15 is 0 Å². The second-order valence-corrected chi connectivity index (χ2v) is 0. The monoisotopic (exact) mass is 995 g/mol. The molecule has 0 spiro atoms. The van der Waals surface area contributed by atoms with Crippen molar-refractivity contribution >= 4 is 13.5 Å². The van der Waals surface area contributed by atoms with E-state index in [1.807, 2.05) is 0 Å². The topological polar surface area (TPSA) is 0 Å². The first-order valence-corrected chi connectivity index (χ1v) is 0. The van der Waals surface area contributed by atoms with Crippen LogP contribution in [-0.2, 0) is 215 Å². The smallest absolute Gasteiger partial charge is 0.813 e. The van der Waals surface area contributed by atoms with Crippen LogP contribution >= 0.6 is 0 Å². The van der Waals surface area contributed by atoms with Crippen LogP contribution in [0, 0.1) is 0 Å². The van der Waals surface area contributed by atoms with Gasteiger partial charge in [-0.15, -0.1) is 0 Å². The minimum atomic E-state index is 0. The molecule has 0 fully saturated rings. The molecule has 0 saturated heterocycles. The summed E-state index contributed by atoms with van der Waals surface area (Å²) in [5, 5.41) is 0. The summed E-state index contributed by atoms with van der Waals surface area (Å²) < 4.78 is 0. The molecular weight excluding hydrogens is 1000 g/mol.